The van der Waals surface area contributed by atoms with E-state index in [9.17, 15) is 14.2 Å². The summed E-state index contributed by atoms with van der Waals surface area (Å²) in [7, 11) is -3.36. The number of carbonyl (C=O) groups excluding carboxylic acids is 2. The van der Waals surface area contributed by atoms with Crippen molar-refractivity contribution in [1.29, 1.82) is 0 Å². The summed E-state index contributed by atoms with van der Waals surface area (Å²) in [5.41, 5.74) is 0. The molecule has 1 atom stereocenters. The van der Waals surface area contributed by atoms with Crippen LogP contribution in [0.4, 0.5) is 0 Å². The molecule has 0 aromatic heterocycles. The molecule has 0 N–H and O–H groups in total. The van der Waals surface area contributed by atoms with Crippen molar-refractivity contribution in [2.75, 3.05) is 26.0 Å². The van der Waals surface area contributed by atoms with Gasteiger partial charge >= 0.3 is 13.6 Å². The summed E-state index contributed by atoms with van der Waals surface area (Å²) in [4.78, 5) is 22.9. The molecule has 19 heavy (non-hydrogen) atoms. The molecule has 0 aromatic carbocycles. The van der Waals surface area contributed by atoms with Crippen molar-refractivity contribution < 1.29 is 27.9 Å². The minimum atomic E-state index is -3.36. The van der Waals surface area contributed by atoms with Crippen LogP contribution in [0, 0.1) is 5.92 Å². The molecule has 0 radical (unpaired) electrons. The van der Waals surface area contributed by atoms with Gasteiger partial charge in [0, 0.05) is 6.42 Å². The molecule has 0 saturated carbocycles. The van der Waals surface area contributed by atoms with Crippen LogP contribution in [0.25, 0.3) is 0 Å². The molecule has 0 aliphatic heterocycles. The van der Waals surface area contributed by atoms with E-state index in [0.29, 0.717) is 0 Å². The highest BCUT2D eigenvalue weighted by molar-refractivity contribution is 7.53. The minimum absolute atomic E-state index is 0.0248. The van der Waals surface area contributed by atoms with Crippen LogP contribution in [-0.2, 0) is 27.9 Å². The van der Waals surface area contributed by atoms with Gasteiger partial charge < -0.3 is 18.6 Å². The number of carbonyl (C=O) groups is 2. The average Bonchev–Trinajstić information content (AvgIpc) is 2.28. The molecule has 0 heterocycles. The zero-order valence-corrected chi connectivity index (χ0v) is 12.9. The van der Waals surface area contributed by atoms with Gasteiger partial charge in [0.1, 0.15) is 5.78 Å². The SMILES string of the molecule is CCOC(=O)C(CC(C)=O)CP(=O)(OCC)OCC. The van der Waals surface area contributed by atoms with Gasteiger partial charge in [0.2, 0.25) is 0 Å². The molecule has 0 aromatic rings. The quantitative estimate of drug-likeness (QED) is 0.455. The molecule has 1 unspecified atom stereocenters. The van der Waals surface area contributed by atoms with Crippen LogP contribution in [0.5, 0.6) is 0 Å². The average molecular weight is 294 g/mol. The van der Waals surface area contributed by atoms with Gasteiger partial charge in [-0.1, -0.05) is 0 Å². The Kier molecular flexibility index (Phi) is 8.89. The number of hydrogen-bond donors (Lipinski definition) is 0. The van der Waals surface area contributed by atoms with Gasteiger partial charge in [-0.15, -0.1) is 0 Å². The summed E-state index contributed by atoms with van der Waals surface area (Å²) in [6.07, 6.45) is -0.157. The van der Waals surface area contributed by atoms with Crippen molar-refractivity contribution in [1.82, 2.24) is 0 Å². The van der Waals surface area contributed by atoms with Crippen LogP contribution in [0.15, 0.2) is 0 Å². The molecule has 0 aliphatic rings. The van der Waals surface area contributed by atoms with E-state index in [1.165, 1.54) is 6.92 Å². The Morgan fingerprint density at radius 2 is 1.58 bits per heavy atom. The number of ketones is 1. The van der Waals surface area contributed by atoms with Crippen molar-refractivity contribution in [3.8, 4) is 0 Å². The van der Waals surface area contributed by atoms with Crippen LogP contribution < -0.4 is 0 Å². The number of rotatable bonds is 10. The molecule has 0 bridgehead atoms. The second-order valence-corrected chi connectivity index (χ2v) is 6.09. The first-order valence-electron chi connectivity index (χ1n) is 6.42. The first-order chi connectivity index (χ1) is 8.88. The fourth-order valence-electron chi connectivity index (χ4n) is 1.64. The lowest BCUT2D eigenvalue weighted by Gasteiger charge is -2.21. The van der Waals surface area contributed by atoms with E-state index in [1.54, 1.807) is 20.8 Å². The Morgan fingerprint density at radius 3 is 1.95 bits per heavy atom. The summed E-state index contributed by atoms with van der Waals surface area (Å²) in [6, 6.07) is 0. The lowest BCUT2D eigenvalue weighted by atomic mass is 10.1. The molecule has 0 amide bonds. The molecule has 0 aliphatic carbocycles. The van der Waals surface area contributed by atoms with Gasteiger partial charge in [0.15, 0.2) is 0 Å². The summed E-state index contributed by atoms with van der Waals surface area (Å²) < 4.78 is 27.5. The summed E-state index contributed by atoms with van der Waals surface area (Å²) in [6.45, 7) is 7.07. The van der Waals surface area contributed by atoms with Gasteiger partial charge in [-0.2, -0.15) is 0 Å². The van der Waals surface area contributed by atoms with Gasteiger partial charge in [-0.3, -0.25) is 9.36 Å². The summed E-state index contributed by atoms with van der Waals surface area (Å²) in [5.74, 6) is -1.50. The van der Waals surface area contributed by atoms with E-state index < -0.39 is 19.5 Å². The Morgan fingerprint density at radius 1 is 1.05 bits per heavy atom. The molecular weight excluding hydrogens is 271 g/mol. The molecule has 0 spiro atoms. The van der Waals surface area contributed by atoms with Crippen LogP contribution in [-0.4, -0.2) is 37.7 Å². The third-order valence-electron chi connectivity index (χ3n) is 2.25. The predicted octanol–water partition coefficient (Wildman–Crippen LogP) is 2.41. The standard InChI is InChI=1S/C12H23O6P/c1-5-16-12(14)11(8-10(4)13)9-19(15,17-6-2)18-7-3/h11H,5-9H2,1-4H3. The lowest BCUT2D eigenvalue weighted by Crippen LogP contribution is -2.24. The van der Waals surface area contributed by atoms with Gasteiger partial charge in [-0.05, 0) is 27.7 Å². The first kappa shape index (κ1) is 18.3. The van der Waals surface area contributed by atoms with E-state index in [4.69, 9.17) is 13.8 Å². The fraction of sp³-hybridized carbons (Fsp3) is 0.833. The highest BCUT2D eigenvalue weighted by Crippen LogP contribution is 2.50. The molecule has 0 fully saturated rings. The highest BCUT2D eigenvalue weighted by atomic mass is 31.2. The van der Waals surface area contributed by atoms with Crippen LogP contribution in [0.2, 0.25) is 0 Å². The van der Waals surface area contributed by atoms with Crippen molar-refractivity contribution >= 4 is 19.3 Å². The maximum atomic E-state index is 12.4. The lowest BCUT2D eigenvalue weighted by molar-refractivity contribution is -0.148. The maximum Gasteiger partial charge on any atom is 0.331 e. The first-order valence-corrected chi connectivity index (χ1v) is 8.15. The third kappa shape index (κ3) is 7.45. The van der Waals surface area contributed by atoms with Crippen molar-refractivity contribution in [2.45, 2.75) is 34.1 Å². The van der Waals surface area contributed by atoms with E-state index in [1.807, 2.05) is 0 Å². The Hall–Kier alpha value is -0.710. The molecule has 6 nitrogen and oxygen atoms in total. The zero-order chi connectivity index (χ0) is 14.9. The molecule has 112 valence electrons. The Bertz CT molecular complexity index is 331. The second-order valence-electron chi connectivity index (χ2n) is 3.98. The number of esters is 1. The summed E-state index contributed by atoms with van der Waals surface area (Å²) in [5, 5.41) is 0. The molecule has 7 heteroatoms. The zero-order valence-electron chi connectivity index (χ0n) is 12.0. The van der Waals surface area contributed by atoms with Gasteiger partial charge in [0.25, 0.3) is 0 Å². The minimum Gasteiger partial charge on any atom is -0.466 e. The molecular formula is C12H23O6P. The van der Waals surface area contributed by atoms with Gasteiger partial charge in [-0.25, -0.2) is 0 Å². The monoisotopic (exact) mass is 294 g/mol. The highest BCUT2D eigenvalue weighted by Gasteiger charge is 2.33. The third-order valence-corrected chi connectivity index (χ3v) is 4.44. The van der Waals surface area contributed by atoms with E-state index >= 15 is 0 Å². The van der Waals surface area contributed by atoms with Crippen molar-refractivity contribution in [3.05, 3.63) is 0 Å². The fourth-order valence-corrected chi connectivity index (χ4v) is 3.53. The van der Waals surface area contributed by atoms with E-state index in [2.05, 4.69) is 0 Å². The van der Waals surface area contributed by atoms with Crippen LogP contribution in [0.1, 0.15) is 34.1 Å². The normalized spacial score (nSPS) is 13.1. The number of ether oxygens (including phenoxy) is 1. The van der Waals surface area contributed by atoms with E-state index in [-0.39, 0.29) is 38.2 Å². The Balaban J connectivity index is 4.88. The van der Waals surface area contributed by atoms with Gasteiger partial charge in [0.05, 0.1) is 31.9 Å². The topological polar surface area (TPSA) is 78.9 Å². The van der Waals surface area contributed by atoms with Crippen molar-refractivity contribution in [3.63, 3.8) is 0 Å². The van der Waals surface area contributed by atoms with Crippen LogP contribution >= 0.6 is 7.60 Å². The molecule has 0 saturated heterocycles. The number of hydrogen-bond acceptors (Lipinski definition) is 6. The van der Waals surface area contributed by atoms with Crippen molar-refractivity contribution in [2.24, 2.45) is 5.92 Å². The smallest absolute Gasteiger partial charge is 0.331 e. The maximum absolute atomic E-state index is 12.4. The summed E-state index contributed by atoms with van der Waals surface area (Å²) >= 11 is 0. The van der Waals surface area contributed by atoms with Crippen LogP contribution in [0.3, 0.4) is 0 Å². The predicted molar refractivity (Wildman–Crippen MR) is 71.1 cm³/mol. The number of Topliss-reactive ketones (excluding diaryl/α,β-unsaturated/α-hetero) is 1. The largest absolute Gasteiger partial charge is 0.466 e. The Labute approximate surface area is 114 Å². The molecule has 0 rings (SSSR count). The van der Waals surface area contributed by atoms with E-state index in [0.717, 1.165) is 0 Å². The second kappa shape index (κ2) is 9.23.